The predicted octanol–water partition coefficient (Wildman–Crippen LogP) is 1.75. The van der Waals surface area contributed by atoms with E-state index in [2.05, 4.69) is 10.3 Å². The minimum absolute atomic E-state index is 0.000441. The first kappa shape index (κ1) is 15.4. The van der Waals surface area contributed by atoms with Gasteiger partial charge in [-0.2, -0.15) is 0 Å². The molecule has 1 unspecified atom stereocenters. The van der Waals surface area contributed by atoms with E-state index in [4.69, 9.17) is 9.84 Å². The quantitative estimate of drug-likeness (QED) is 0.833. The minimum Gasteiger partial charge on any atom is -0.477 e. The molecular formula is C15H20N2O4. The topological polar surface area (TPSA) is 88.5 Å². The Morgan fingerprint density at radius 3 is 2.86 bits per heavy atom. The highest BCUT2D eigenvalue weighted by atomic mass is 16.5. The number of aromatic nitrogens is 1. The second-order valence-electron chi connectivity index (χ2n) is 5.16. The molecule has 2 N–H and O–H groups in total. The fourth-order valence-corrected chi connectivity index (χ4v) is 2.27. The Kier molecular flexibility index (Phi) is 5.68. The number of aromatic carboxylic acids is 1. The zero-order valence-electron chi connectivity index (χ0n) is 11.9. The maximum absolute atomic E-state index is 11.8. The molecule has 1 aliphatic heterocycles. The molecule has 0 saturated carbocycles. The second kappa shape index (κ2) is 7.73. The first-order valence-electron chi connectivity index (χ1n) is 7.21. The van der Waals surface area contributed by atoms with Gasteiger partial charge in [0.25, 0.3) is 0 Å². The average molecular weight is 292 g/mol. The Labute approximate surface area is 123 Å². The summed E-state index contributed by atoms with van der Waals surface area (Å²) in [5.41, 5.74) is 0.779. The number of amides is 1. The van der Waals surface area contributed by atoms with Crippen LogP contribution < -0.4 is 5.32 Å². The van der Waals surface area contributed by atoms with Gasteiger partial charge in [-0.25, -0.2) is 9.78 Å². The van der Waals surface area contributed by atoms with Crippen molar-refractivity contribution in [1.82, 2.24) is 10.3 Å². The Hall–Kier alpha value is -1.95. The molecule has 21 heavy (non-hydrogen) atoms. The Morgan fingerprint density at radius 1 is 1.38 bits per heavy atom. The number of pyridine rings is 1. The highest BCUT2D eigenvalue weighted by Crippen LogP contribution is 2.16. The van der Waals surface area contributed by atoms with Crippen molar-refractivity contribution in [2.24, 2.45) is 0 Å². The molecule has 2 rings (SSSR count). The van der Waals surface area contributed by atoms with Gasteiger partial charge in [-0.3, -0.25) is 4.79 Å². The Balaban J connectivity index is 1.69. The molecule has 0 radical (unpaired) electrons. The molecule has 1 aromatic rings. The second-order valence-corrected chi connectivity index (χ2v) is 5.16. The predicted molar refractivity (Wildman–Crippen MR) is 75.9 cm³/mol. The van der Waals surface area contributed by atoms with Gasteiger partial charge in [-0.1, -0.05) is 6.07 Å². The summed E-state index contributed by atoms with van der Waals surface area (Å²) in [4.78, 5) is 26.2. The van der Waals surface area contributed by atoms with Crippen molar-refractivity contribution in [3.63, 3.8) is 0 Å². The van der Waals surface area contributed by atoms with Gasteiger partial charge in [0.15, 0.2) is 0 Å². The van der Waals surface area contributed by atoms with Crippen molar-refractivity contribution in [1.29, 1.82) is 0 Å². The van der Waals surface area contributed by atoms with Gasteiger partial charge in [-0.05, 0) is 37.3 Å². The number of nitrogens with zero attached hydrogens (tertiary/aromatic N) is 1. The smallest absolute Gasteiger partial charge is 0.354 e. The van der Waals surface area contributed by atoms with Crippen LogP contribution in [0, 0.1) is 0 Å². The van der Waals surface area contributed by atoms with Crippen LogP contribution in [0.1, 0.15) is 48.2 Å². The molecule has 0 spiro atoms. The standard InChI is InChI=1S/C15H20N2O4/c18-14(7-5-12-3-1-2-8-21-12)17-10-11-4-6-13(15(19)20)16-9-11/h4,6,9,12H,1-3,5,7-8,10H2,(H,17,18)(H,19,20). The largest absolute Gasteiger partial charge is 0.477 e. The van der Waals surface area contributed by atoms with Crippen molar-refractivity contribution in [3.8, 4) is 0 Å². The molecule has 0 aliphatic carbocycles. The van der Waals surface area contributed by atoms with E-state index in [9.17, 15) is 9.59 Å². The van der Waals surface area contributed by atoms with Crippen LogP contribution >= 0.6 is 0 Å². The maximum atomic E-state index is 11.8. The monoisotopic (exact) mass is 292 g/mol. The lowest BCUT2D eigenvalue weighted by Crippen LogP contribution is -2.26. The number of rotatable bonds is 6. The van der Waals surface area contributed by atoms with E-state index in [1.54, 1.807) is 6.07 Å². The van der Waals surface area contributed by atoms with Crippen molar-refractivity contribution in [2.45, 2.75) is 44.8 Å². The lowest BCUT2D eigenvalue weighted by molar-refractivity contribution is -0.122. The number of carbonyl (C=O) groups excluding carboxylic acids is 1. The Morgan fingerprint density at radius 2 is 2.24 bits per heavy atom. The molecule has 0 aromatic carbocycles. The summed E-state index contributed by atoms with van der Waals surface area (Å²) >= 11 is 0. The lowest BCUT2D eigenvalue weighted by Gasteiger charge is -2.22. The van der Waals surface area contributed by atoms with Crippen LogP contribution in [0.3, 0.4) is 0 Å². The molecule has 114 valence electrons. The van der Waals surface area contributed by atoms with Crippen LogP contribution in [0.15, 0.2) is 18.3 Å². The number of hydrogen-bond acceptors (Lipinski definition) is 4. The van der Waals surface area contributed by atoms with E-state index in [0.29, 0.717) is 13.0 Å². The van der Waals surface area contributed by atoms with Gasteiger partial charge in [0, 0.05) is 25.8 Å². The summed E-state index contributed by atoms with van der Waals surface area (Å²) < 4.78 is 5.58. The third-order valence-corrected chi connectivity index (χ3v) is 3.50. The number of carboxylic acid groups (broad SMARTS) is 1. The van der Waals surface area contributed by atoms with Gasteiger partial charge >= 0.3 is 5.97 Å². The van der Waals surface area contributed by atoms with Crippen LogP contribution in [-0.4, -0.2) is 34.7 Å². The highest BCUT2D eigenvalue weighted by molar-refractivity contribution is 5.85. The fraction of sp³-hybridized carbons (Fsp3) is 0.533. The molecule has 2 heterocycles. The molecule has 1 atom stereocenters. The van der Waals surface area contributed by atoms with E-state index in [0.717, 1.165) is 31.4 Å². The van der Waals surface area contributed by atoms with Crippen LogP contribution in [0.2, 0.25) is 0 Å². The van der Waals surface area contributed by atoms with E-state index in [1.807, 2.05) is 0 Å². The zero-order valence-corrected chi connectivity index (χ0v) is 11.9. The summed E-state index contributed by atoms with van der Waals surface area (Å²) in [5, 5.41) is 11.5. The zero-order chi connectivity index (χ0) is 15.1. The minimum atomic E-state index is -1.06. The van der Waals surface area contributed by atoms with Gasteiger partial charge in [-0.15, -0.1) is 0 Å². The average Bonchev–Trinajstić information content (AvgIpc) is 2.52. The molecule has 6 heteroatoms. The summed E-state index contributed by atoms with van der Waals surface area (Å²) in [6.07, 6.45) is 6.20. The van der Waals surface area contributed by atoms with Crippen molar-refractivity contribution in [2.75, 3.05) is 6.61 Å². The third-order valence-electron chi connectivity index (χ3n) is 3.50. The van der Waals surface area contributed by atoms with Gasteiger partial charge in [0.2, 0.25) is 5.91 Å². The summed E-state index contributed by atoms with van der Waals surface area (Å²) in [6, 6.07) is 3.08. The first-order chi connectivity index (χ1) is 10.1. The molecule has 6 nitrogen and oxygen atoms in total. The molecule has 1 aliphatic rings. The van der Waals surface area contributed by atoms with Crippen molar-refractivity contribution in [3.05, 3.63) is 29.6 Å². The normalized spacial score (nSPS) is 18.2. The van der Waals surface area contributed by atoms with E-state index in [1.165, 1.54) is 18.7 Å². The Bertz CT molecular complexity index is 481. The fourth-order valence-electron chi connectivity index (χ4n) is 2.27. The summed E-state index contributed by atoms with van der Waals surface area (Å²) in [6.45, 7) is 1.16. The number of ether oxygens (including phenoxy) is 1. The summed E-state index contributed by atoms with van der Waals surface area (Å²) in [5.74, 6) is -1.08. The number of carbonyl (C=O) groups is 2. The summed E-state index contributed by atoms with van der Waals surface area (Å²) in [7, 11) is 0. The molecule has 1 aromatic heterocycles. The van der Waals surface area contributed by atoms with Gasteiger partial charge in [0.05, 0.1) is 6.10 Å². The van der Waals surface area contributed by atoms with Crippen LogP contribution in [0.5, 0.6) is 0 Å². The highest BCUT2D eigenvalue weighted by Gasteiger charge is 2.15. The van der Waals surface area contributed by atoms with Crippen LogP contribution in [-0.2, 0) is 16.1 Å². The van der Waals surface area contributed by atoms with Gasteiger partial charge in [0.1, 0.15) is 5.69 Å². The van der Waals surface area contributed by atoms with Gasteiger partial charge < -0.3 is 15.2 Å². The SMILES string of the molecule is O=C(CCC1CCCCO1)NCc1ccc(C(=O)O)nc1. The maximum Gasteiger partial charge on any atom is 0.354 e. The van der Waals surface area contributed by atoms with Crippen molar-refractivity contribution < 1.29 is 19.4 Å². The van der Waals surface area contributed by atoms with Crippen LogP contribution in [0.25, 0.3) is 0 Å². The first-order valence-corrected chi connectivity index (χ1v) is 7.21. The van der Waals surface area contributed by atoms with Crippen LogP contribution in [0.4, 0.5) is 0 Å². The van der Waals surface area contributed by atoms with Crippen molar-refractivity contribution >= 4 is 11.9 Å². The number of nitrogens with one attached hydrogen (secondary N) is 1. The number of carboxylic acids is 1. The third kappa shape index (κ3) is 5.15. The molecule has 1 amide bonds. The molecule has 0 bridgehead atoms. The van der Waals surface area contributed by atoms with E-state index < -0.39 is 5.97 Å². The number of hydrogen-bond donors (Lipinski definition) is 2. The molecule has 1 saturated heterocycles. The van der Waals surface area contributed by atoms with E-state index in [-0.39, 0.29) is 17.7 Å². The van der Waals surface area contributed by atoms with E-state index >= 15 is 0 Å². The molecule has 1 fully saturated rings. The molecular weight excluding hydrogens is 272 g/mol. The lowest BCUT2D eigenvalue weighted by atomic mass is 10.0.